The summed E-state index contributed by atoms with van der Waals surface area (Å²) < 4.78 is 44.8. The Kier molecular flexibility index (Phi) is 6.48. The van der Waals surface area contributed by atoms with Crippen molar-refractivity contribution in [3.63, 3.8) is 0 Å². The van der Waals surface area contributed by atoms with E-state index in [0.717, 1.165) is 12.5 Å². The minimum absolute atomic E-state index is 0.0405. The number of ether oxygens (including phenoxy) is 1. The van der Waals surface area contributed by atoms with Crippen molar-refractivity contribution in [3.8, 4) is 0 Å². The van der Waals surface area contributed by atoms with Crippen LogP contribution >= 0.6 is 0 Å². The fraction of sp³-hybridized carbons (Fsp3) is 0.600. The number of hydrogen-bond acceptors (Lipinski definition) is 3. The summed E-state index contributed by atoms with van der Waals surface area (Å²) in [5.41, 5.74) is -0.335. The second-order valence-electron chi connectivity index (χ2n) is 4.95. The topological polar surface area (TPSA) is 32.7 Å². The average Bonchev–Trinajstić information content (AvgIpc) is 2.46. The van der Waals surface area contributed by atoms with Gasteiger partial charge in [-0.05, 0) is 31.0 Å². The maximum absolute atomic E-state index is 13.3. The molecule has 120 valence electrons. The first-order valence-electron chi connectivity index (χ1n) is 6.91. The summed E-state index contributed by atoms with van der Waals surface area (Å²) in [5, 5.41) is 9.05. The Hall–Kier alpha value is -1.27. The van der Waals surface area contributed by atoms with E-state index in [-0.39, 0.29) is 17.3 Å². The molecule has 1 aromatic rings. The summed E-state index contributed by atoms with van der Waals surface area (Å²) in [6.07, 6.45) is -3.73. The van der Waals surface area contributed by atoms with Gasteiger partial charge in [-0.25, -0.2) is 0 Å². The molecule has 0 fully saturated rings. The van der Waals surface area contributed by atoms with E-state index in [1.54, 1.807) is 4.90 Å². The van der Waals surface area contributed by atoms with Crippen LogP contribution in [0, 0.1) is 0 Å². The minimum atomic E-state index is -4.46. The number of alkyl halides is 3. The van der Waals surface area contributed by atoms with Crippen LogP contribution < -0.4 is 4.90 Å². The lowest BCUT2D eigenvalue weighted by atomic mass is 10.1. The Morgan fingerprint density at radius 1 is 1.33 bits per heavy atom. The van der Waals surface area contributed by atoms with E-state index in [9.17, 15) is 13.2 Å². The van der Waals surface area contributed by atoms with Crippen molar-refractivity contribution < 1.29 is 23.0 Å². The van der Waals surface area contributed by atoms with Crippen LogP contribution in [0.25, 0.3) is 0 Å². The zero-order chi connectivity index (χ0) is 16.0. The summed E-state index contributed by atoms with van der Waals surface area (Å²) >= 11 is 0. The lowest BCUT2D eigenvalue weighted by Gasteiger charge is -2.33. The number of nitrogens with zero attached hydrogens (tertiary/aromatic N) is 1. The molecular weight excluding hydrogens is 283 g/mol. The third-order valence-corrected chi connectivity index (χ3v) is 3.52. The van der Waals surface area contributed by atoms with E-state index >= 15 is 0 Å². The summed E-state index contributed by atoms with van der Waals surface area (Å²) in [6.45, 7) is 4.14. The molecule has 0 heterocycles. The molecule has 21 heavy (non-hydrogen) atoms. The molecule has 0 aromatic heterocycles. The van der Waals surface area contributed by atoms with Gasteiger partial charge in [0.15, 0.2) is 0 Å². The fourth-order valence-electron chi connectivity index (χ4n) is 2.15. The van der Waals surface area contributed by atoms with E-state index in [1.807, 2.05) is 13.8 Å². The van der Waals surface area contributed by atoms with Crippen molar-refractivity contribution in [2.45, 2.75) is 39.1 Å². The largest absolute Gasteiger partial charge is 0.418 e. The molecule has 0 amide bonds. The molecule has 0 saturated carbocycles. The molecule has 0 aliphatic rings. The van der Waals surface area contributed by atoms with E-state index in [4.69, 9.17) is 9.84 Å². The maximum atomic E-state index is 13.3. The van der Waals surface area contributed by atoms with Gasteiger partial charge < -0.3 is 14.7 Å². The smallest absolute Gasteiger partial charge is 0.392 e. The van der Waals surface area contributed by atoms with Crippen molar-refractivity contribution in [1.82, 2.24) is 0 Å². The van der Waals surface area contributed by atoms with Crippen LogP contribution in [0.4, 0.5) is 18.9 Å². The summed E-state index contributed by atoms with van der Waals surface area (Å²) in [6, 6.07) is 3.92. The number of rotatable bonds is 7. The van der Waals surface area contributed by atoms with Crippen molar-refractivity contribution in [3.05, 3.63) is 29.3 Å². The van der Waals surface area contributed by atoms with Gasteiger partial charge in [0.05, 0.1) is 18.8 Å². The Morgan fingerprint density at radius 3 is 2.48 bits per heavy atom. The van der Waals surface area contributed by atoms with Crippen molar-refractivity contribution in [1.29, 1.82) is 0 Å². The number of anilines is 1. The van der Waals surface area contributed by atoms with Crippen molar-refractivity contribution in [2.24, 2.45) is 0 Å². The second kappa shape index (κ2) is 7.66. The normalized spacial score (nSPS) is 13.3. The van der Waals surface area contributed by atoms with E-state index in [1.165, 1.54) is 19.2 Å². The quantitative estimate of drug-likeness (QED) is 0.837. The van der Waals surface area contributed by atoms with E-state index < -0.39 is 18.3 Å². The standard InChI is InChI=1S/C15H22F3NO2/c1-4-11(2)19(7-8-21-3)14-6-5-12(10-20)9-13(14)15(16,17)18/h5-6,9,11,20H,4,7-8,10H2,1-3H3. The lowest BCUT2D eigenvalue weighted by molar-refractivity contribution is -0.137. The van der Waals surface area contributed by atoms with Gasteiger partial charge in [0, 0.05) is 25.4 Å². The Bertz CT molecular complexity index is 449. The molecule has 6 heteroatoms. The summed E-state index contributed by atoms with van der Waals surface area (Å²) in [5.74, 6) is 0. The van der Waals surface area contributed by atoms with Gasteiger partial charge in [-0.3, -0.25) is 0 Å². The lowest BCUT2D eigenvalue weighted by Crippen LogP contribution is -2.36. The highest BCUT2D eigenvalue weighted by Crippen LogP contribution is 2.38. The summed E-state index contributed by atoms with van der Waals surface area (Å²) in [4.78, 5) is 1.70. The SMILES string of the molecule is CCC(C)N(CCOC)c1ccc(CO)cc1C(F)(F)F. The molecule has 3 nitrogen and oxygen atoms in total. The Labute approximate surface area is 123 Å². The predicted octanol–water partition coefficient (Wildman–Crippen LogP) is 3.45. The van der Waals surface area contributed by atoms with Crippen LogP contribution in [-0.2, 0) is 17.5 Å². The minimum Gasteiger partial charge on any atom is -0.392 e. The van der Waals surface area contributed by atoms with Gasteiger partial charge in [-0.2, -0.15) is 13.2 Å². The molecule has 0 aliphatic heterocycles. The molecule has 0 saturated heterocycles. The summed E-state index contributed by atoms with van der Waals surface area (Å²) in [7, 11) is 1.52. The van der Waals surface area contributed by atoms with Gasteiger partial charge in [-0.15, -0.1) is 0 Å². The molecule has 0 radical (unpaired) electrons. The van der Waals surface area contributed by atoms with E-state index in [0.29, 0.717) is 13.2 Å². The van der Waals surface area contributed by atoms with Gasteiger partial charge in [0.25, 0.3) is 0 Å². The highest BCUT2D eigenvalue weighted by Gasteiger charge is 2.35. The van der Waals surface area contributed by atoms with Crippen LogP contribution in [0.2, 0.25) is 0 Å². The van der Waals surface area contributed by atoms with Gasteiger partial charge in [-0.1, -0.05) is 13.0 Å². The Balaban J connectivity index is 3.28. The number of aliphatic hydroxyl groups is 1. The van der Waals surface area contributed by atoms with Crippen LogP contribution in [-0.4, -0.2) is 31.4 Å². The molecule has 1 rings (SSSR count). The average molecular weight is 305 g/mol. The highest BCUT2D eigenvalue weighted by atomic mass is 19.4. The zero-order valence-corrected chi connectivity index (χ0v) is 12.6. The molecule has 0 aliphatic carbocycles. The maximum Gasteiger partial charge on any atom is 0.418 e. The molecule has 0 bridgehead atoms. The number of hydrogen-bond donors (Lipinski definition) is 1. The third-order valence-electron chi connectivity index (χ3n) is 3.52. The highest BCUT2D eigenvalue weighted by molar-refractivity contribution is 5.57. The first-order chi connectivity index (χ1) is 9.85. The first kappa shape index (κ1) is 17.8. The predicted molar refractivity (Wildman–Crippen MR) is 76.3 cm³/mol. The number of methoxy groups -OCH3 is 1. The second-order valence-corrected chi connectivity index (χ2v) is 4.95. The molecule has 1 aromatic carbocycles. The molecule has 0 spiro atoms. The van der Waals surface area contributed by atoms with Gasteiger partial charge in [0.1, 0.15) is 0 Å². The fourth-order valence-corrected chi connectivity index (χ4v) is 2.15. The van der Waals surface area contributed by atoms with Crippen LogP contribution in [0.15, 0.2) is 18.2 Å². The number of benzene rings is 1. The van der Waals surface area contributed by atoms with Crippen molar-refractivity contribution in [2.75, 3.05) is 25.2 Å². The molecule has 1 N–H and O–H groups in total. The van der Waals surface area contributed by atoms with Crippen LogP contribution in [0.3, 0.4) is 0 Å². The van der Waals surface area contributed by atoms with Gasteiger partial charge >= 0.3 is 6.18 Å². The Morgan fingerprint density at radius 2 is 2.00 bits per heavy atom. The monoisotopic (exact) mass is 305 g/mol. The molecule has 1 atom stereocenters. The van der Waals surface area contributed by atoms with Crippen LogP contribution in [0.1, 0.15) is 31.4 Å². The molecular formula is C15H22F3NO2. The zero-order valence-electron chi connectivity index (χ0n) is 12.6. The number of halogens is 3. The third kappa shape index (κ3) is 4.61. The first-order valence-corrected chi connectivity index (χ1v) is 6.91. The molecule has 1 unspecified atom stereocenters. The van der Waals surface area contributed by atoms with Crippen LogP contribution in [0.5, 0.6) is 0 Å². The van der Waals surface area contributed by atoms with E-state index in [2.05, 4.69) is 0 Å². The number of aliphatic hydroxyl groups excluding tert-OH is 1. The van der Waals surface area contributed by atoms with Gasteiger partial charge in [0.2, 0.25) is 0 Å². The van der Waals surface area contributed by atoms with Crippen molar-refractivity contribution >= 4 is 5.69 Å².